The lowest BCUT2D eigenvalue weighted by Crippen LogP contribution is -2.29. The van der Waals surface area contributed by atoms with E-state index < -0.39 is 17.7 Å². The second kappa shape index (κ2) is 9.09. The fourth-order valence-electron chi connectivity index (χ4n) is 4.66. The van der Waals surface area contributed by atoms with E-state index in [0.29, 0.717) is 11.3 Å². The van der Waals surface area contributed by atoms with Gasteiger partial charge in [-0.25, -0.2) is 0 Å². The number of ketones is 1. The number of hydrogen-bond acceptors (Lipinski definition) is 3. The zero-order valence-electron chi connectivity index (χ0n) is 22.2. The van der Waals surface area contributed by atoms with E-state index in [9.17, 15) is 14.7 Å². The molecule has 0 aromatic heterocycles. The molecular weight excluding hydrogens is 446 g/mol. The second-order valence-corrected chi connectivity index (χ2v) is 11.7. The van der Waals surface area contributed by atoms with Gasteiger partial charge in [-0.15, -0.1) is 0 Å². The highest BCUT2D eigenvalue weighted by Crippen LogP contribution is 2.43. The first-order valence-electron chi connectivity index (χ1n) is 12.4. The lowest BCUT2D eigenvalue weighted by atomic mass is 9.84. The number of carbonyl (C=O) groups excluding carboxylic acids is 2. The lowest BCUT2D eigenvalue weighted by Gasteiger charge is -2.27. The van der Waals surface area contributed by atoms with E-state index in [1.165, 1.54) is 4.90 Å². The SMILES string of the molecule is Cc1ccc(C(C)(C)C)cc1/C(O)=C1\C(=O)C(=O)N(c2ccccc2)C1c1ccc(C(C)(C)C)cc1. The summed E-state index contributed by atoms with van der Waals surface area (Å²) in [5.74, 6) is -1.46. The molecule has 186 valence electrons. The van der Waals surface area contributed by atoms with Crippen molar-refractivity contribution in [1.82, 2.24) is 0 Å². The number of amides is 1. The summed E-state index contributed by atoms with van der Waals surface area (Å²) in [4.78, 5) is 28.4. The Balaban J connectivity index is 1.96. The molecule has 36 heavy (non-hydrogen) atoms. The topological polar surface area (TPSA) is 57.6 Å². The highest BCUT2D eigenvalue weighted by atomic mass is 16.3. The van der Waals surface area contributed by atoms with E-state index in [1.54, 1.807) is 0 Å². The summed E-state index contributed by atoms with van der Waals surface area (Å²) in [6.45, 7) is 14.6. The molecule has 1 fully saturated rings. The molecule has 1 aliphatic rings. The zero-order valence-corrected chi connectivity index (χ0v) is 22.2. The van der Waals surface area contributed by atoms with E-state index in [1.807, 2.05) is 79.7 Å². The normalized spacial score (nSPS) is 18.1. The maximum absolute atomic E-state index is 13.5. The Morgan fingerprint density at radius 3 is 1.89 bits per heavy atom. The van der Waals surface area contributed by atoms with E-state index in [-0.39, 0.29) is 22.2 Å². The fourth-order valence-corrected chi connectivity index (χ4v) is 4.66. The Morgan fingerprint density at radius 1 is 0.778 bits per heavy atom. The van der Waals surface area contributed by atoms with Crippen LogP contribution in [0.4, 0.5) is 5.69 Å². The van der Waals surface area contributed by atoms with Gasteiger partial charge in [-0.3, -0.25) is 14.5 Å². The number of anilines is 1. The number of para-hydroxylation sites is 1. The monoisotopic (exact) mass is 481 g/mol. The van der Waals surface area contributed by atoms with E-state index in [0.717, 1.165) is 22.3 Å². The van der Waals surface area contributed by atoms with Gasteiger partial charge in [0.1, 0.15) is 5.76 Å². The smallest absolute Gasteiger partial charge is 0.300 e. The van der Waals surface area contributed by atoms with Crippen molar-refractivity contribution in [3.8, 4) is 0 Å². The molecule has 4 nitrogen and oxygen atoms in total. The van der Waals surface area contributed by atoms with Gasteiger partial charge >= 0.3 is 0 Å². The van der Waals surface area contributed by atoms with Crippen molar-refractivity contribution in [3.63, 3.8) is 0 Å². The van der Waals surface area contributed by atoms with E-state index in [4.69, 9.17) is 0 Å². The number of aliphatic hydroxyl groups excluding tert-OH is 1. The third-order valence-electron chi connectivity index (χ3n) is 6.93. The number of rotatable bonds is 3. The van der Waals surface area contributed by atoms with Crippen molar-refractivity contribution in [2.45, 2.75) is 65.3 Å². The molecule has 0 aliphatic carbocycles. The van der Waals surface area contributed by atoms with Gasteiger partial charge < -0.3 is 5.11 Å². The molecule has 1 saturated heterocycles. The standard InChI is InChI=1S/C32H35NO3/c1-20-13-16-23(32(5,6)7)19-25(20)28(34)26-27(21-14-17-22(18-15-21)31(2,3)4)33(30(36)29(26)35)24-11-9-8-10-12-24/h8-19,27,34H,1-7H3/b28-26+. The Morgan fingerprint density at radius 2 is 1.33 bits per heavy atom. The largest absolute Gasteiger partial charge is 0.507 e. The minimum absolute atomic E-state index is 0.0374. The van der Waals surface area contributed by atoms with Crippen molar-refractivity contribution >= 4 is 23.1 Å². The Kier molecular flexibility index (Phi) is 6.42. The van der Waals surface area contributed by atoms with Crippen molar-refractivity contribution in [2.75, 3.05) is 4.90 Å². The van der Waals surface area contributed by atoms with Crippen LogP contribution in [0.1, 0.15) is 75.4 Å². The molecule has 1 N–H and O–H groups in total. The first-order chi connectivity index (χ1) is 16.8. The molecule has 3 aromatic rings. The number of carbonyl (C=O) groups is 2. The number of nitrogens with zero attached hydrogens (tertiary/aromatic N) is 1. The molecule has 1 unspecified atom stereocenters. The van der Waals surface area contributed by atoms with Crippen LogP contribution >= 0.6 is 0 Å². The summed E-state index contributed by atoms with van der Waals surface area (Å²) in [6, 6.07) is 22.3. The van der Waals surface area contributed by atoms with Crippen LogP contribution in [0.2, 0.25) is 0 Å². The average molecular weight is 482 g/mol. The number of aliphatic hydroxyl groups is 1. The Hall–Kier alpha value is -3.66. The number of hydrogen-bond donors (Lipinski definition) is 1. The molecule has 1 aliphatic heterocycles. The van der Waals surface area contributed by atoms with Crippen molar-refractivity contribution in [3.05, 3.63) is 106 Å². The molecule has 0 radical (unpaired) electrons. The summed E-state index contributed by atoms with van der Waals surface area (Å²) in [5.41, 5.74) is 4.93. The minimum Gasteiger partial charge on any atom is -0.507 e. The van der Waals surface area contributed by atoms with Gasteiger partial charge in [-0.2, -0.15) is 0 Å². The summed E-state index contributed by atoms with van der Waals surface area (Å²) in [7, 11) is 0. The van der Waals surface area contributed by atoms with Gasteiger partial charge in [0.25, 0.3) is 11.7 Å². The highest BCUT2D eigenvalue weighted by molar-refractivity contribution is 6.51. The Labute approximate surface area is 214 Å². The van der Waals surface area contributed by atoms with Crippen LogP contribution in [0.3, 0.4) is 0 Å². The molecule has 4 rings (SSSR count). The maximum atomic E-state index is 13.5. The van der Waals surface area contributed by atoms with Crippen LogP contribution in [0, 0.1) is 6.92 Å². The summed E-state index contributed by atoms with van der Waals surface area (Å²) < 4.78 is 0. The van der Waals surface area contributed by atoms with Gasteiger partial charge in [0.05, 0.1) is 11.6 Å². The highest BCUT2D eigenvalue weighted by Gasteiger charge is 2.47. The van der Waals surface area contributed by atoms with Crippen LogP contribution in [-0.4, -0.2) is 16.8 Å². The molecule has 1 atom stereocenters. The Bertz CT molecular complexity index is 1340. The predicted molar refractivity (Wildman–Crippen MR) is 146 cm³/mol. The van der Waals surface area contributed by atoms with Crippen LogP contribution in [0.15, 0.2) is 78.4 Å². The average Bonchev–Trinajstić information content (AvgIpc) is 3.08. The summed E-state index contributed by atoms with van der Waals surface area (Å²) in [5, 5.41) is 11.6. The minimum atomic E-state index is -0.737. The molecule has 0 spiro atoms. The van der Waals surface area contributed by atoms with Crippen molar-refractivity contribution < 1.29 is 14.7 Å². The quantitative estimate of drug-likeness (QED) is 0.244. The molecule has 1 heterocycles. The molecule has 0 saturated carbocycles. The number of aryl methyl sites for hydroxylation is 1. The molecule has 3 aromatic carbocycles. The summed E-state index contributed by atoms with van der Waals surface area (Å²) in [6.07, 6.45) is 0. The maximum Gasteiger partial charge on any atom is 0.300 e. The third kappa shape index (κ3) is 4.60. The number of benzene rings is 3. The molecular formula is C32H35NO3. The van der Waals surface area contributed by atoms with Crippen molar-refractivity contribution in [1.29, 1.82) is 0 Å². The predicted octanol–water partition coefficient (Wildman–Crippen LogP) is 7.22. The first kappa shape index (κ1) is 25.4. The first-order valence-corrected chi connectivity index (χ1v) is 12.4. The van der Waals surface area contributed by atoms with Crippen LogP contribution in [0.5, 0.6) is 0 Å². The van der Waals surface area contributed by atoms with Gasteiger partial charge in [-0.05, 0) is 58.2 Å². The summed E-state index contributed by atoms with van der Waals surface area (Å²) >= 11 is 0. The third-order valence-corrected chi connectivity index (χ3v) is 6.93. The van der Waals surface area contributed by atoms with Crippen LogP contribution in [0.25, 0.3) is 5.76 Å². The molecule has 1 amide bonds. The van der Waals surface area contributed by atoms with Gasteiger partial charge in [0, 0.05) is 11.3 Å². The lowest BCUT2D eigenvalue weighted by molar-refractivity contribution is -0.132. The van der Waals surface area contributed by atoms with E-state index in [2.05, 4.69) is 41.5 Å². The van der Waals surface area contributed by atoms with Crippen LogP contribution in [-0.2, 0) is 20.4 Å². The van der Waals surface area contributed by atoms with Crippen LogP contribution < -0.4 is 4.90 Å². The van der Waals surface area contributed by atoms with Gasteiger partial charge in [0.15, 0.2) is 0 Å². The van der Waals surface area contributed by atoms with Crippen molar-refractivity contribution in [2.24, 2.45) is 0 Å². The fraction of sp³-hybridized carbons (Fsp3) is 0.312. The molecule has 0 bridgehead atoms. The van der Waals surface area contributed by atoms with Gasteiger partial charge in [0.2, 0.25) is 0 Å². The zero-order chi connectivity index (χ0) is 26.4. The second-order valence-electron chi connectivity index (χ2n) is 11.7. The molecule has 4 heteroatoms. The number of Topliss-reactive ketones (excluding diaryl/α,β-unsaturated/α-hetero) is 1. The van der Waals surface area contributed by atoms with Gasteiger partial charge in [-0.1, -0.05) is 96.1 Å². The van der Waals surface area contributed by atoms with E-state index >= 15 is 0 Å².